The molecule has 5 nitrogen and oxygen atoms in total. The van der Waals surface area contributed by atoms with Crippen molar-refractivity contribution in [2.24, 2.45) is 17.8 Å². The van der Waals surface area contributed by atoms with E-state index in [0.29, 0.717) is 30.6 Å². The predicted molar refractivity (Wildman–Crippen MR) is 97.8 cm³/mol. The Labute approximate surface area is 150 Å². The summed E-state index contributed by atoms with van der Waals surface area (Å²) in [5.74, 6) is 3.97. The van der Waals surface area contributed by atoms with Gasteiger partial charge in [0.1, 0.15) is 0 Å². The van der Waals surface area contributed by atoms with E-state index in [-0.39, 0.29) is 5.91 Å². The summed E-state index contributed by atoms with van der Waals surface area (Å²) >= 11 is 0. The van der Waals surface area contributed by atoms with Gasteiger partial charge in [-0.05, 0) is 61.6 Å². The van der Waals surface area contributed by atoms with Crippen molar-refractivity contribution in [3.63, 3.8) is 0 Å². The molecule has 0 spiro atoms. The van der Waals surface area contributed by atoms with Gasteiger partial charge in [0.05, 0.1) is 20.8 Å². The maximum atomic E-state index is 12.1. The van der Waals surface area contributed by atoms with Gasteiger partial charge >= 0.3 is 0 Å². The van der Waals surface area contributed by atoms with Gasteiger partial charge in [0.2, 0.25) is 5.91 Å². The van der Waals surface area contributed by atoms with Gasteiger partial charge in [-0.1, -0.05) is 12.5 Å². The monoisotopic (exact) mass is 346 g/mol. The zero-order chi connectivity index (χ0) is 17.8. The minimum atomic E-state index is 0.0322. The minimum absolute atomic E-state index is 0.0322. The summed E-state index contributed by atoms with van der Waals surface area (Å²) in [5.41, 5.74) is 0.993. The van der Waals surface area contributed by atoms with Crippen LogP contribution in [0.2, 0.25) is 0 Å². The molecule has 2 aliphatic rings. The van der Waals surface area contributed by atoms with Crippen molar-refractivity contribution in [1.82, 2.24) is 10.6 Å². The summed E-state index contributed by atoms with van der Waals surface area (Å²) in [6.07, 6.45) is 5.54. The molecule has 0 aliphatic heterocycles. The molecular weight excluding hydrogens is 316 g/mol. The first-order valence-electron chi connectivity index (χ1n) is 9.31. The second-order valence-electron chi connectivity index (χ2n) is 7.47. The van der Waals surface area contributed by atoms with Gasteiger partial charge in [-0.3, -0.25) is 4.79 Å². The lowest BCUT2D eigenvalue weighted by atomic mass is 9.84. The molecule has 0 saturated heterocycles. The smallest absolute Gasteiger partial charge is 0.234 e. The molecule has 5 heteroatoms. The van der Waals surface area contributed by atoms with Crippen molar-refractivity contribution in [2.75, 3.05) is 20.8 Å². The maximum Gasteiger partial charge on any atom is 0.234 e. The van der Waals surface area contributed by atoms with Gasteiger partial charge in [-0.15, -0.1) is 0 Å². The van der Waals surface area contributed by atoms with E-state index in [1.54, 1.807) is 14.2 Å². The van der Waals surface area contributed by atoms with Crippen LogP contribution in [-0.4, -0.2) is 32.7 Å². The molecule has 2 saturated carbocycles. The third-order valence-electron chi connectivity index (χ3n) is 5.96. The Morgan fingerprint density at radius 2 is 2.00 bits per heavy atom. The lowest BCUT2D eigenvalue weighted by Gasteiger charge is -2.28. The number of methoxy groups -OCH3 is 2. The van der Waals surface area contributed by atoms with E-state index >= 15 is 0 Å². The van der Waals surface area contributed by atoms with Crippen molar-refractivity contribution < 1.29 is 14.3 Å². The highest BCUT2D eigenvalue weighted by atomic mass is 16.5. The van der Waals surface area contributed by atoms with Crippen LogP contribution in [0.15, 0.2) is 18.2 Å². The van der Waals surface area contributed by atoms with E-state index in [1.165, 1.54) is 25.7 Å². The van der Waals surface area contributed by atoms with Crippen molar-refractivity contribution in [3.05, 3.63) is 23.8 Å². The van der Waals surface area contributed by atoms with Crippen LogP contribution in [0.1, 0.15) is 38.2 Å². The number of fused-ring (bicyclic) bond motifs is 2. The maximum absolute atomic E-state index is 12.1. The summed E-state index contributed by atoms with van der Waals surface area (Å²) in [5, 5.41) is 6.40. The van der Waals surface area contributed by atoms with E-state index in [9.17, 15) is 4.79 Å². The van der Waals surface area contributed by atoms with Crippen molar-refractivity contribution >= 4 is 5.91 Å². The minimum Gasteiger partial charge on any atom is -0.493 e. The number of ether oxygens (including phenoxy) is 2. The van der Waals surface area contributed by atoms with E-state index < -0.39 is 0 Å². The Morgan fingerprint density at radius 3 is 2.64 bits per heavy atom. The Balaban J connectivity index is 1.42. The number of rotatable bonds is 8. The van der Waals surface area contributed by atoms with Gasteiger partial charge in [0.25, 0.3) is 0 Å². The molecule has 2 N–H and O–H groups in total. The van der Waals surface area contributed by atoms with Crippen molar-refractivity contribution in [3.8, 4) is 11.5 Å². The highest BCUT2D eigenvalue weighted by Gasteiger charge is 2.41. The summed E-state index contributed by atoms with van der Waals surface area (Å²) in [7, 11) is 3.23. The predicted octanol–water partition coefficient (Wildman–Crippen LogP) is 2.73. The van der Waals surface area contributed by atoms with E-state index in [2.05, 4.69) is 17.6 Å². The number of hydrogen-bond donors (Lipinski definition) is 2. The molecule has 1 amide bonds. The number of carbonyl (C=O) groups is 1. The Bertz CT molecular complexity index is 605. The molecular formula is C20H30N2O3. The lowest BCUT2D eigenvalue weighted by molar-refractivity contribution is -0.120. The number of amides is 1. The van der Waals surface area contributed by atoms with Crippen molar-refractivity contribution in [1.29, 1.82) is 0 Å². The molecule has 1 aromatic rings. The fourth-order valence-electron chi connectivity index (χ4n) is 4.57. The van der Waals surface area contributed by atoms with Crippen LogP contribution in [0.25, 0.3) is 0 Å². The standard InChI is InChI=1S/C20H30N2O3/c1-13(17-9-14-4-6-16(17)8-14)21-12-20(23)22-11-15-5-7-18(24-2)19(10-15)25-3/h5,7,10,13-14,16-17,21H,4,6,8-9,11-12H2,1-3H3,(H,22,23). The second-order valence-corrected chi connectivity index (χ2v) is 7.47. The third-order valence-corrected chi connectivity index (χ3v) is 5.96. The molecule has 3 rings (SSSR count). The molecule has 138 valence electrons. The molecule has 0 aromatic heterocycles. The fraction of sp³-hybridized carbons (Fsp3) is 0.650. The van der Waals surface area contributed by atoms with Gasteiger partial charge in [-0.2, -0.15) is 0 Å². The lowest BCUT2D eigenvalue weighted by Crippen LogP contribution is -2.42. The second kappa shape index (κ2) is 8.09. The first-order valence-corrected chi connectivity index (χ1v) is 9.31. The summed E-state index contributed by atoms with van der Waals surface area (Å²) in [4.78, 5) is 12.1. The molecule has 4 unspecified atom stereocenters. The molecule has 2 aliphatic carbocycles. The van der Waals surface area contributed by atoms with Crippen LogP contribution in [-0.2, 0) is 11.3 Å². The van der Waals surface area contributed by atoms with Crippen LogP contribution in [0.3, 0.4) is 0 Å². The average molecular weight is 346 g/mol. The van der Waals surface area contributed by atoms with Crippen molar-refractivity contribution in [2.45, 2.75) is 45.2 Å². The number of carbonyl (C=O) groups excluding carboxylic acids is 1. The topological polar surface area (TPSA) is 59.6 Å². The van der Waals surface area contributed by atoms with E-state index in [0.717, 1.165) is 23.3 Å². The third kappa shape index (κ3) is 4.27. The number of nitrogens with one attached hydrogen (secondary N) is 2. The zero-order valence-electron chi connectivity index (χ0n) is 15.5. The SMILES string of the molecule is COc1ccc(CNC(=O)CNC(C)C2CC3CCC2C3)cc1OC. The molecule has 1 aromatic carbocycles. The number of benzene rings is 1. The molecule has 2 bridgehead atoms. The Hall–Kier alpha value is -1.75. The largest absolute Gasteiger partial charge is 0.493 e. The first kappa shape index (κ1) is 18.1. The fourth-order valence-corrected chi connectivity index (χ4v) is 4.57. The summed E-state index contributed by atoms with van der Waals surface area (Å²) in [6, 6.07) is 6.11. The van der Waals surface area contributed by atoms with E-state index in [1.807, 2.05) is 18.2 Å². The van der Waals surface area contributed by atoms with Crippen LogP contribution in [0.4, 0.5) is 0 Å². The van der Waals surface area contributed by atoms with Crippen LogP contribution in [0, 0.1) is 17.8 Å². The molecule has 2 fully saturated rings. The van der Waals surface area contributed by atoms with Gasteiger partial charge in [0.15, 0.2) is 11.5 Å². The molecule has 0 radical (unpaired) electrons. The van der Waals surface area contributed by atoms with Gasteiger partial charge < -0.3 is 20.1 Å². The van der Waals surface area contributed by atoms with Crippen LogP contribution in [0.5, 0.6) is 11.5 Å². The van der Waals surface area contributed by atoms with Crippen LogP contribution >= 0.6 is 0 Å². The molecule has 4 atom stereocenters. The summed E-state index contributed by atoms with van der Waals surface area (Å²) < 4.78 is 10.5. The average Bonchev–Trinajstić information content (AvgIpc) is 3.27. The quantitative estimate of drug-likeness (QED) is 0.760. The molecule has 25 heavy (non-hydrogen) atoms. The highest BCUT2D eigenvalue weighted by molar-refractivity contribution is 5.78. The first-order chi connectivity index (χ1) is 12.1. The molecule has 0 heterocycles. The van der Waals surface area contributed by atoms with Gasteiger partial charge in [-0.25, -0.2) is 0 Å². The zero-order valence-corrected chi connectivity index (χ0v) is 15.5. The van der Waals surface area contributed by atoms with Crippen LogP contribution < -0.4 is 20.1 Å². The number of hydrogen-bond acceptors (Lipinski definition) is 4. The van der Waals surface area contributed by atoms with Gasteiger partial charge in [0, 0.05) is 12.6 Å². The Kier molecular flexibility index (Phi) is 5.84. The normalized spacial score (nSPS) is 25.6. The summed E-state index contributed by atoms with van der Waals surface area (Å²) in [6.45, 7) is 3.10. The Morgan fingerprint density at radius 1 is 1.20 bits per heavy atom. The highest BCUT2D eigenvalue weighted by Crippen LogP contribution is 2.49. The van der Waals surface area contributed by atoms with E-state index in [4.69, 9.17) is 9.47 Å².